The number of aliphatic hydroxyl groups is 1. The molecule has 0 bridgehead atoms. The largest absolute Gasteiger partial charge is 0.377 e. The Labute approximate surface area is 135 Å². The first kappa shape index (κ1) is 15.0. The fourth-order valence-electron chi connectivity index (χ4n) is 2.53. The highest BCUT2D eigenvalue weighted by molar-refractivity contribution is 5.61. The summed E-state index contributed by atoms with van der Waals surface area (Å²) in [7, 11) is 0. The zero-order chi connectivity index (χ0) is 16.7. The van der Waals surface area contributed by atoms with Gasteiger partial charge in [0, 0.05) is 23.9 Å². The van der Waals surface area contributed by atoms with Crippen LogP contribution < -0.4 is 0 Å². The Bertz CT molecular complexity index is 866. The summed E-state index contributed by atoms with van der Waals surface area (Å²) in [6, 6.07) is 4.95. The van der Waals surface area contributed by atoms with Crippen molar-refractivity contribution < 1.29 is 23.1 Å². The topological polar surface area (TPSA) is 73.3 Å². The second-order valence-electron chi connectivity index (χ2n) is 5.79. The molecule has 1 aliphatic heterocycles. The van der Waals surface area contributed by atoms with Gasteiger partial charge in [0.1, 0.15) is 17.3 Å². The van der Waals surface area contributed by atoms with Gasteiger partial charge in [-0.2, -0.15) is 5.10 Å². The summed E-state index contributed by atoms with van der Waals surface area (Å²) in [6.07, 6.45) is 3.17. The molecule has 1 N–H and O–H groups in total. The number of ether oxygens (including phenoxy) is 1. The standard InChI is InChI=1S/C16H13F2N3O3/c17-12-1-10(2-13(18)3-12)11-5-19-21(6-11)7-14-4-15(24-20-14)16(22)8-23-9-16/h1-6,22H,7-9H2. The molecule has 1 aliphatic rings. The molecule has 1 aromatic carbocycles. The van der Waals surface area contributed by atoms with Crippen LogP contribution in [0.3, 0.4) is 0 Å². The zero-order valence-electron chi connectivity index (χ0n) is 12.4. The van der Waals surface area contributed by atoms with E-state index in [4.69, 9.17) is 9.26 Å². The van der Waals surface area contributed by atoms with E-state index in [0.29, 0.717) is 29.1 Å². The Morgan fingerprint density at radius 2 is 1.88 bits per heavy atom. The summed E-state index contributed by atoms with van der Waals surface area (Å²) >= 11 is 0. The van der Waals surface area contributed by atoms with Crippen molar-refractivity contribution in [3.8, 4) is 11.1 Å². The SMILES string of the molecule is OC1(c2cc(Cn3cc(-c4cc(F)cc(F)c4)cn3)no2)COC1. The summed E-state index contributed by atoms with van der Waals surface area (Å²) in [5.74, 6) is -0.937. The van der Waals surface area contributed by atoms with Gasteiger partial charge in [0.05, 0.1) is 26.0 Å². The van der Waals surface area contributed by atoms with Crippen LogP contribution in [0.4, 0.5) is 8.78 Å². The highest BCUT2D eigenvalue weighted by atomic mass is 19.1. The van der Waals surface area contributed by atoms with Crippen molar-refractivity contribution in [3.05, 3.63) is 59.7 Å². The van der Waals surface area contributed by atoms with E-state index in [1.807, 2.05) is 0 Å². The van der Waals surface area contributed by atoms with Gasteiger partial charge in [-0.25, -0.2) is 8.78 Å². The van der Waals surface area contributed by atoms with Crippen LogP contribution in [0.25, 0.3) is 11.1 Å². The Morgan fingerprint density at radius 1 is 1.12 bits per heavy atom. The highest BCUT2D eigenvalue weighted by Gasteiger charge is 2.41. The maximum atomic E-state index is 13.3. The van der Waals surface area contributed by atoms with Gasteiger partial charge in [0.2, 0.25) is 0 Å². The fourth-order valence-corrected chi connectivity index (χ4v) is 2.53. The van der Waals surface area contributed by atoms with Gasteiger partial charge in [-0.15, -0.1) is 0 Å². The summed E-state index contributed by atoms with van der Waals surface area (Å²) < 4.78 is 38.3. The van der Waals surface area contributed by atoms with Crippen LogP contribution >= 0.6 is 0 Å². The third-order valence-electron chi connectivity index (χ3n) is 3.85. The average molecular weight is 333 g/mol. The maximum absolute atomic E-state index is 13.3. The quantitative estimate of drug-likeness (QED) is 0.791. The van der Waals surface area contributed by atoms with Crippen LogP contribution in [-0.4, -0.2) is 33.3 Å². The van der Waals surface area contributed by atoms with Gasteiger partial charge in [-0.1, -0.05) is 5.16 Å². The smallest absolute Gasteiger partial charge is 0.173 e. The van der Waals surface area contributed by atoms with Gasteiger partial charge in [-0.3, -0.25) is 4.68 Å². The average Bonchev–Trinajstić information content (AvgIpc) is 3.14. The van der Waals surface area contributed by atoms with Crippen LogP contribution in [0.5, 0.6) is 0 Å². The van der Waals surface area contributed by atoms with E-state index in [1.165, 1.54) is 18.3 Å². The van der Waals surface area contributed by atoms with Gasteiger partial charge in [0.25, 0.3) is 0 Å². The Hall–Kier alpha value is -2.58. The van der Waals surface area contributed by atoms with Crippen LogP contribution in [0.1, 0.15) is 11.5 Å². The minimum Gasteiger partial charge on any atom is -0.377 e. The lowest BCUT2D eigenvalue weighted by Gasteiger charge is -2.33. The van der Waals surface area contributed by atoms with Gasteiger partial charge in [-0.05, 0) is 17.7 Å². The van der Waals surface area contributed by atoms with Crippen molar-refractivity contribution in [2.45, 2.75) is 12.1 Å². The van der Waals surface area contributed by atoms with E-state index in [9.17, 15) is 13.9 Å². The summed E-state index contributed by atoms with van der Waals surface area (Å²) in [4.78, 5) is 0. The molecule has 0 saturated carbocycles. The lowest BCUT2D eigenvalue weighted by molar-refractivity contribution is -0.195. The summed E-state index contributed by atoms with van der Waals surface area (Å²) in [6.45, 7) is 0.662. The second kappa shape index (κ2) is 5.50. The molecule has 3 aromatic rings. The van der Waals surface area contributed by atoms with Crippen molar-refractivity contribution >= 4 is 0 Å². The molecule has 4 rings (SSSR count). The van der Waals surface area contributed by atoms with Crippen molar-refractivity contribution in [3.63, 3.8) is 0 Å². The molecule has 1 saturated heterocycles. The minimum atomic E-state index is -1.11. The van der Waals surface area contributed by atoms with E-state index in [-0.39, 0.29) is 13.2 Å². The van der Waals surface area contributed by atoms with Crippen LogP contribution in [0.2, 0.25) is 0 Å². The van der Waals surface area contributed by atoms with Crippen molar-refractivity contribution in [2.24, 2.45) is 0 Å². The summed E-state index contributed by atoms with van der Waals surface area (Å²) in [5.41, 5.74) is 0.452. The number of aromatic nitrogens is 3. The van der Waals surface area contributed by atoms with Crippen molar-refractivity contribution in [1.29, 1.82) is 0 Å². The lowest BCUT2D eigenvalue weighted by atomic mass is 9.99. The Morgan fingerprint density at radius 3 is 2.54 bits per heavy atom. The number of rotatable bonds is 4. The first-order valence-electron chi connectivity index (χ1n) is 7.27. The molecule has 1 fully saturated rings. The third kappa shape index (κ3) is 2.70. The molecule has 0 amide bonds. The molecule has 24 heavy (non-hydrogen) atoms. The molecule has 6 nitrogen and oxygen atoms in total. The molecular formula is C16H13F2N3O3. The Balaban J connectivity index is 1.53. The van der Waals surface area contributed by atoms with Crippen LogP contribution in [-0.2, 0) is 16.9 Å². The number of halogens is 2. The normalized spacial score (nSPS) is 16.1. The molecule has 0 spiro atoms. The highest BCUT2D eigenvalue weighted by Crippen LogP contribution is 2.29. The van der Waals surface area contributed by atoms with Crippen molar-refractivity contribution in [1.82, 2.24) is 14.9 Å². The third-order valence-corrected chi connectivity index (χ3v) is 3.85. The Kier molecular flexibility index (Phi) is 3.43. The van der Waals surface area contributed by atoms with E-state index in [1.54, 1.807) is 16.9 Å². The predicted molar refractivity (Wildman–Crippen MR) is 77.9 cm³/mol. The fraction of sp³-hybridized carbons (Fsp3) is 0.250. The van der Waals surface area contributed by atoms with Gasteiger partial charge < -0.3 is 14.4 Å². The molecule has 8 heteroatoms. The predicted octanol–water partition coefficient (Wildman–Crippen LogP) is 2.08. The first-order chi connectivity index (χ1) is 11.5. The van der Waals surface area contributed by atoms with E-state index in [0.717, 1.165) is 6.07 Å². The molecular weight excluding hydrogens is 320 g/mol. The van der Waals surface area contributed by atoms with Crippen LogP contribution in [0.15, 0.2) is 41.2 Å². The minimum absolute atomic E-state index is 0.179. The summed E-state index contributed by atoms with van der Waals surface area (Å²) in [5, 5.41) is 18.2. The molecule has 3 heterocycles. The molecule has 2 aromatic heterocycles. The molecule has 0 unspecified atom stereocenters. The zero-order valence-corrected chi connectivity index (χ0v) is 12.4. The van der Waals surface area contributed by atoms with E-state index in [2.05, 4.69) is 10.3 Å². The van der Waals surface area contributed by atoms with E-state index >= 15 is 0 Å². The monoisotopic (exact) mass is 333 g/mol. The number of nitrogens with zero attached hydrogens (tertiary/aromatic N) is 3. The second-order valence-corrected chi connectivity index (χ2v) is 5.79. The van der Waals surface area contributed by atoms with Crippen LogP contribution in [0, 0.1) is 11.6 Å². The van der Waals surface area contributed by atoms with Gasteiger partial charge in [0.15, 0.2) is 11.4 Å². The maximum Gasteiger partial charge on any atom is 0.173 e. The number of benzene rings is 1. The van der Waals surface area contributed by atoms with Crippen molar-refractivity contribution in [2.75, 3.05) is 13.2 Å². The lowest BCUT2D eigenvalue weighted by Crippen LogP contribution is -2.46. The van der Waals surface area contributed by atoms with E-state index < -0.39 is 17.2 Å². The molecule has 0 atom stereocenters. The molecule has 124 valence electrons. The number of hydrogen-bond acceptors (Lipinski definition) is 5. The molecule has 0 aliphatic carbocycles. The van der Waals surface area contributed by atoms with Gasteiger partial charge >= 0.3 is 0 Å². The molecule has 0 radical (unpaired) electrons. The number of hydrogen-bond donors (Lipinski definition) is 1. The first-order valence-corrected chi connectivity index (χ1v) is 7.27.